The van der Waals surface area contributed by atoms with Crippen molar-refractivity contribution >= 4 is 11.9 Å². The molecular formula is C15H18N4O3. The number of carboxylic acid groups (broad SMARTS) is 1. The maximum Gasteiger partial charge on any atom is 0.326 e. The van der Waals surface area contributed by atoms with E-state index in [0.717, 1.165) is 0 Å². The Labute approximate surface area is 128 Å². The van der Waals surface area contributed by atoms with Gasteiger partial charge in [-0.15, -0.1) is 0 Å². The number of pyridine rings is 1. The van der Waals surface area contributed by atoms with Crippen LogP contribution in [-0.2, 0) is 4.79 Å². The first-order valence-corrected chi connectivity index (χ1v) is 6.97. The highest BCUT2D eigenvalue weighted by Crippen LogP contribution is 2.09. The molecule has 116 valence electrons. The Bertz CT molecular complexity index is 653. The second-order valence-electron chi connectivity index (χ2n) is 5.34. The van der Waals surface area contributed by atoms with E-state index in [4.69, 9.17) is 0 Å². The van der Waals surface area contributed by atoms with Gasteiger partial charge in [-0.2, -0.15) is 5.10 Å². The highest BCUT2D eigenvalue weighted by molar-refractivity contribution is 5.95. The first-order valence-electron chi connectivity index (χ1n) is 6.97. The lowest BCUT2D eigenvalue weighted by Crippen LogP contribution is -2.41. The molecule has 0 spiro atoms. The van der Waals surface area contributed by atoms with E-state index in [-0.39, 0.29) is 11.6 Å². The Kier molecular flexibility index (Phi) is 4.88. The molecule has 0 aromatic carbocycles. The van der Waals surface area contributed by atoms with Crippen LogP contribution in [-0.4, -0.2) is 37.8 Å². The molecule has 7 heteroatoms. The van der Waals surface area contributed by atoms with Crippen molar-refractivity contribution in [1.29, 1.82) is 0 Å². The highest BCUT2D eigenvalue weighted by Gasteiger charge is 2.22. The monoisotopic (exact) mass is 302 g/mol. The predicted molar refractivity (Wildman–Crippen MR) is 79.7 cm³/mol. The van der Waals surface area contributed by atoms with E-state index in [1.807, 2.05) is 13.8 Å². The van der Waals surface area contributed by atoms with Crippen molar-refractivity contribution < 1.29 is 14.7 Å². The van der Waals surface area contributed by atoms with Crippen LogP contribution >= 0.6 is 0 Å². The minimum Gasteiger partial charge on any atom is -0.480 e. The summed E-state index contributed by atoms with van der Waals surface area (Å²) in [6.45, 7) is 3.80. The number of hydrogen-bond acceptors (Lipinski definition) is 4. The van der Waals surface area contributed by atoms with Crippen molar-refractivity contribution in [2.24, 2.45) is 5.92 Å². The maximum atomic E-state index is 12.2. The quantitative estimate of drug-likeness (QED) is 0.842. The Balaban J connectivity index is 2.15. The number of amides is 1. The summed E-state index contributed by atoms with van der Waals surface area (Å²) in [7, 11) is 0. The normalized spacial score (nSPS) is 12.1. The Morgan fingerprint density at radius 2 is 2.14 bits per heavy atom. The van der Waals surface area contributed by atoms with Gasteiger partial charge in [0.05, 0.1) is 5.69 Å². The third-order valence-corrected chi connectivity index (χ3v) is 3.06. The van der Waals surface area contributed by atoms with Crippen LogP contribution in [0.4, 0.5) is 0 Å². The maximum absolute atomic E-state index is 12.2. The van der Waals surface area contributed by atoms with Crippen molar-refractivity contribution in [2.45, 2.75) is 26.3 Å². The fourth-order valence-corrected chi connectivity index (χ4v) is 2.03. The molecule has 0 aliphatic carbocycles. The Morgan fingerprint density at radius 3 is 2.73 bits per heavy atom. The molecule has 0 saturated carbocycles. The van der Waals surface area contributed by atoms with Crippen LogP contribution < -0.4 is 5.32 Å². The molecule has 2 rings (SSSR count). The van der Waals surface area contributed by atoms with Gasteiger partial charge in [-0.1, -0.05) is 13.8 Å². The first-order chi connectivity index (χ1) is 10.5. The third kappa shape index (κ3) is 3.91. The zero-order chi connectivity index (χ0) is 16.1. The van der Waals surface area contributed by atoms with Crippen LogP contribution in [0.25, 0.3) is 5.69 Å². The molecule has 2 N–H and O–H groups in total. The molecule has 0 fully saturated rings. The average Bonchev–Trinajstić information content (AvgIpc) is 3.00. The second-order valence-corrected chi connectivity index (χ2v) is 5.34. The fourth-order valence-electron chi connectivity index (χ4n) is 2.03. The van der Waals surface area contributed by atoms with Crippen LogP contribution in [0.15, 0.2) is 36.8 Å². The summed E-state index contributed by atoms with van der Waals surface area (Å²) in [6, 6.07) is 4.12. The number of carbonyl (C=O) groups excluding carboxylic acids is 1. The molecule has 1 amide bonds. The summed E-state index contributed by atoms with van der Waals surface area (Å²) < 4.78 is 1.60. The van der Waals surface area contributed by atoms with Gasteiger partial charge in [-0.25, -0.2) is 9.48 Å². The van der Waals surface area contributed by atoms with Crippen molar-refractivity contribution in [2.75, 3.05) is 0 Å². The molecule has 0 bridgehead atoms. The molecular weight excluding hydrogens is 284 g/mol. The number of aromatic nitrogens is 3. The zero-order valence-corrected chi connectivity index (χ0v) is 12.4. The molecule has 7 nitrogen and oxygen atoms in total. The molecule has 0 aliphatic heterocycles. The predicted octanol–water partition coefficient (Wildman–Crippen LogP) is 1.50. The molecule has 2 aromatic rings. The number of carbonyl (C=O) groups is 2. The number of carboxylic acids is 1. The van der Waals surface area contributed by atoms with Crippen molar-refractivity contribution in [3.8, 4) is 5.69 Å². The van der Waals surface area contributed by atoms with E-state index in [2.05, 4.69) is 15.4 Å². The van der Waals surface area contributed by atoms with Gasteiger partial charge >= 0.3 is 5.97 Å². The SMILES string of the molecule is CC(C)C[C@@H](NC(=O)c1cc(-n2cccn2)ccn1)C(=O)O. The van der Waals surface area contributed by atoms with E-state index in [9.17, 15) is 14.7 Å². The number of aliphatic carboxylic acids is 1. The Hall–Kier alpha value is -2.70. The topological polar surface area (TPSA) is 97.1 Å². The van der Waals surface area contributed by atoms with E-state index < -0.39 is 17.9 Å². The van der Waals surface area contributed by atoms with Crippen LogP contribution in [0.1, 0.15) is 30.8 Å². The molecule has 0 radical (unpaired) electrons. The molecule has 0 saturated heterocycles. The van der Waals surface area contributed by atoms with E-state index in [1.54, 1.807) is 35.3 Å². The molecule has 1 atom stereocenters. The molecule has 2 heterocycles. The minimum atomic E-state index is -1.05. The van der Waals surface area contributed by atoms with Gasteiger partial charge in [0.2, 0.25) is 0 Å². The second kappa shape index (κ2) is 6.84. The molecule has 0 aliphatic rings. The summed E-state index contributed by atoms with van der Waals surface area (Å²) in [5.41, 5.74) is 0.837. The van der Waals surface area contributed by atoms with Crippen molar-refractivity contribution in [3.63, 3.8) is 0 Å². The van der Waals surface area contributed by atoms with Gasteiger partial charge in [0, 0.05) is 18.6 Å². The van der Waals surface area contributed by atoms with Gasteiger partial charge in [0.1, 0.15) is 11.7 Å². The van der Waals surface area contributed by atoms with Gasteiger partial charge in [-0.3, -0.25) is 9.78 Å². The average molecular weight is 302 g/mol. The molecule has 2 aromatic heterocycles. The smallest absolute Gasteiger partial charge is 0.326 e. The zero-order valence-electron chi connectivity index (χ0n) is 12.4. The van der Waals surface area contributed by atoms with E-state index in [0.29, 0.717) is 12.1 Å². The van der Waals surface area contributed by atoms with E-state index in [1.165, 1.54) is 6.20 Å². The van der Waals surface area contributed by atoms with Crippen LogP contribution in [0.2, 0.25) is 0 Å². The standard InChI is InChI=1S/C15H18N4O3/c1-10(2)8-13(15(21)22)18-14(20)12-9-11(4-6-16-12)19-7-3-5-17-19/h3-7,9-10,13H,8H2,1-2H3,(H,18,20)(H,21,22)/t13-/m1/s1. The molecule has 22 heavy (non-hydrogen) atoms. The number of nitrogens with zero attached hydrogens (tertiary/aromatic N) is 3. The fraction of sp³-hybridized carbons (Fsp3) is 0.333. The summed E-state index contributed by atoms with van der Waals surface area (Å²) in [4.78, 5) is 27.4. The first kappa shape index (κ1) is 15.7. The van der Waals surface area contributed by atoms with Gasteiger partial charge in [0.25, 0.3) is 5.91 Å². The number of hydrogen-bond donors (Lipinski definition) is 2. The lowest BCUT2D eigenvalue weighted by atomic mass is 10.0. The van der Waals surface area contributed by atoms with Crippen LogP contribution in [0, 0.1) is 5.92 Å². The summed E-state index contributed by atoms with van der Waals surface area (Å²) in [5, 5.41) is 15.8. The highest BCUT2D eigenvalue weighted by atomic mass is 16.4. The number of nitrogens with one attached hydrogen (secondary N) is 1. The van der Waals surface area contributed by atoms with Crippen molar-refractivity contribution in [3.05, 3.63) is 42.5 Å². The lowest BCUT2D eigenvalue weighted by Gasteiger charge is -2.16. The molecule has 0 unspecified atom stereocenters. The van der Waals surface area contributed by atoms with Crippen LogP contribution in [0.5, 0.6) is 0 Å². The van der Waals surface area contributed by atoms with Gasteiger partial charge in [0.15, 0.2) is 0 Å². The summed E-state index contributed by atoms with van der Waals surface area (Å²) in [6.07, 6.45) is 5.23. The van der Waals surface area contributed by atoms with E-state index >= 15 is 0 Å². The number of rotatable bonds is 6. The lowest BCUT2D eigenvalue weighted by molar-refractivity contribution is -0.139. The van der Waals surface area contributed by atoms with Gasteiger partial charge < -0.3 is 10.4 Å². The van der Waals surface area contributed by atoms with Crippen LogP contribution in [0.3, 0.4) is 0 Å². The Morgan fingerprint density at radius 1 is 1.36 bits per heavy atom. The van der Waals surface area contributed by atoms with Crippen molar-refractivity contribution in [1.82, 2.24) is 20.1 Å². The van der Waals surface area contributed by atoms with Gasteiger partial charge in [-0.05, 0) is 30.5 Å². The third-order valence-electron chi connectivity index (χ3n) is 3.06. The minimum absolute atomic E-state index is 0.156. The summed E-state index contributed by atoms with van der Waals surface area (Å²) in [5.74, 6) is -1.41. The largest absolute Gasteiger partial charge is 0.480 e. The summed E-state index contributed by atoms with van der Waals surface area (Å²) >= 11 is 0.